The largest absolute Gasteiger partial charge is 0.480 e. The van der Waals surface area contributed by atoms with Crippen LogP contribution in [0.1, 0.15) is 65.2 Å². The number of carbonyl (C=O) groups is 3. The average molecular weight is 455 g/mol. The monoisotopic (exact) mass is 455 g/mol. The van der Waals surface area contributed by atoms with Crippen molar-refractivity contribution in [2.24, 2.45) is 0 Å². The van der Waals surface area contributed by atoms with Crippen molar-refractivity contribution in [3.8, 4) is 0 Å². The molecule has 3 unspecified atom stereocenters. The first-order valence-electron chi connectivity index (χ1n) is 10.1. The predicted molar refractivity (Wildman–Crippen MR) is 107 cm³/mol. The van der Waals surface area contributed by atoms with Crippen LogP contribution in [-0.4, -0.2) is 64.9 Å². The number of carboxylic acid groups (broad SMARTS) is 1. The number of rotatable bonds is 18. The fraction of sp³-hybridized carbons (Fsp3) is 0.833. The van der Waals surface area contributed by atoms with Crippen molar-refractivity contribution in [3.63, 3.8) is 0 Å². The third kappa shape index (κ3) is 15.3. The van der Waals surface area contributed by atoms with Crippen molar-refractivity contribution in [1.29, 1.82) is 0 Å². The molecule has 0 heterocycles. The van der Waals surface area contributed by atoms with E-state index in [2.05, 4.69) is 14.4 Å². The molecule has 12 heteroatoms. The first-order valence-corrected chi connectivity index (χ1v) is 11.6. The van der Waals surface area contributed by atoms with E-state index in [4.69, 9.17) is 9.84 Å². The van der Waals surface area contributed by atoms with Crippen molar-refractivity contribution in [1.82, 2.24) is 5.32 Å². The van der Waals surface area contributed by atoms with Crippen molar-refractivity contribution >= 4 is 25.7 Å². The lowest BCUT2D eigenvalue weighted by molar-refractivity contribution is -0.147. The topological polar surface area (TPSA) is 169 Å². The zero-order valence-corrected chi connectivity index (χ0v) is 18.5. The molecule has 0 aliphatic carbocycles. The van der Waals surface area contributed by atoms with Gasteiger partial charge in [0.15, 0.2) is 6.04 Å². The van der Waals surface area contributed by atoms with E-state index in [0.717, 1.165) is 25.7 Å². The second-order valence-electron chi connectivity index (χ2n) is 6.77. The van der Waals surface area contributed by atoms with Gasteiger partial charge >= 0.3 is 19.8 Å². The van der Waals surface area contributed by atoms with Gasteiger partial charge in [0, 0.05) is 12.8 Å². The fourth-order valence-corrected chi connectivity index (χ4v) is 2.94. The van der Waals surface area contributed by atoms with E-state index in [0.29, 0.717) is 12.8 Å². The van der Waals surface area contributed by atoms with Gasteiger partial charge in [-0.25, -0.2) is 9.36 Å². The lowest BCUT2D eigenvalue weighted by Crippen LogP contribution is -2.43. The van der Waals surface area contributed by atoms with Crippen LogP contribution < -0.4 is 5.32 Å². The van der Waals surface area contributed by atoms with Crippen LogP contribution in [0.3, 0.4) is 0 Å². The van der Waals surface area contributed by atoms with Gasteiger partial charge in [-0.2, -0.15) is 0 Å². The van der Waals surface area contributed by atoms with Crippen LogP contribution in [-0.2, 0) is 32.7 Å². The van der Waals surface area contributed by atoms with Gasteiger partial charge in [-0.15, -0.1) is 0 Å². The molecule has 0 aromatic carbocycles. The van der Waals surface area contributed by atoms with Crippen molar-refractivity contribution < 1.29 is 47.8 Å². The molecule has 11 nitrogen and oxygen atoms in total. The number of aliphatic hydroxyl groups excluding tert-OH is 1. The maximum Gasteiger partial charge on any atom is 0.472 e. The number of aliphatic carboxylic acids is 1. The summed E-state index contributed by atoms with van der Waals surface area (Å²) >= 11 is 0. The van der Waals surface area contributed by atoms with Crippen LogP contribution in [0.4, 0.5) is 0 Å². The number of amides is 1. The summed E-state index contributed by atoms with van der Waals surface area (Å²) in [7, 11) is -4.69. The Bertz CT molecular complexity index is 571. The lowest BCUT2D eigenvalue weighted by atomic mass is 10.1. The number of carbonyl (C=O) groups excluding carboxylic acids is 2. The summed E-state index contributed by atoms with van der Waals surface area (Å²) in [6.45, 7) is 2.03. The Balaban J connectivity index is 4.30. The Morgan fingerprint density at radius 3 is 2.17 bits per heavy atom. The van der Waals surface area contributed by atoms with E-state index in [1.807, 2.05) is 13.8 Å². The smallest absolute Gasteiger partial charge is 0.472 e. The highest BCUT2D eigenvalue weighted by Gasteiger charge is 2.28. The van der Waals surface area contributed by atoms with Gasteiger partial charge in [-0.3, -0.25) is 18.6 Å². The molecule has 3 atom stereocenters. The number of hydrogen-bond donors (Lipinski definition) is 4. The van der Waals surface area contributed by atoms with E-state index in [9.17, 15) is 28.9 Å². The fourth-order valence-electron chi connectivity index (χ4n) is 2.17. The Labute approximate surface area is 176 Å². The van der Waals surface area contributed by atoms with E-state index < -0.39 is 57.6 Å². The van der Waals surface area contributed by atoms with Gasteiger partial charge in [0.1, 0.15) is 12.7 Å². The van der Waals surface area contributed by atoms with E-state index >= 15 is 0 Å². The molecule has 1 amide bonds. The predicted octanol–water partition coefficient (Wildman–Crippen LogP) is 1.75. The highest BCUT2D eigenvalue weighted by atomic mass is 31.2. The van der Waals surface area contributed by atoms with Gasteiger partial charge in [-0.05, 0) is 12.8 Å². The molecule has 0 radical (unpaired) electrons. The van der Waals surface area contributed by atoms with E-state index in [-0.39, 0.29) is 12.8 Å². The highest BCUT2D eigenvalue weighted by Crippen LogP contribution is 2.43. The number of ether oxygens (including phenoxy) is 1. The Hall–Kier alpha value is -1.52. The van der Waals surface area contributed by atoms with Crippen molar-refractivity contribution in [3.05, 3.63) is 0 Å². The standard InChI is InChI=1S/C18H34NO10P/c1-3-5-7-8-9-16(21)19-15(18(23)24)13-29-30(25,26)28-12-14(20)11-27-17(22)10-6-4-2/h14-15,20H,3-13H2,1-2H3,(H,19,21)(H,23,24)(H,25,26). The van der Waals surface area contributed by atoms with Crippen LogP contribution in [0.25, 0.3) is 0 Å². The molecular formula is C18H34NO10P. The van der Waals surface area contributed by atoms with Gasteiger partial charge < -0.3 is 25.2 Å². The normalized spacial score (nSPS) is 15.1. The summed E-state index contributed by atoms with van der Waals surface area (Å²) in [5.41, 5.74) is 0. The van der Waals surface area contributed by atoms with Gasteiger partial charge in [-0.1, -0.05) is 39.5 Å². The van der Waals surface area contributed by atoms with Gasteiger partial charge in [0.2, 0.25) is 5.91 Å². The molecule has 176 valence electrons. The van der Waals surface area contributed by atoms with Crippen molar-refractivity contribution in [2.75, 3.05) is 19.8 Å². The zero-order valence-electron chi connectivity index (χ0n) is 17.6. The Morgan fingerprint density at radius 1 is 0.933 bits per heavy atom. The van der Waals surface area contributed by atoms with E-state index in [1.165, 1.54) is 0 Å². The minimum Gasteiger partial charge on any atom is -0.480 e. The average Bonchev–Trinajstić information content (AvgIpc) is 2.69. The number of hydrogen-bond acceptors (Lipinski definition) is 8. The third-order valence-corrected chi connectivity index (χ3v) is 4.85. The number of aliphatic hydroxyl groups is 1. The number of esters is 1. The number of phosphoric ester groups is 1. The number of phosphoric acid groups is 1. The molecule has 0 fully saturated rings. The summed E-state index contributed by atoms with van der Waals surface area (Å²) in [6, 6.07) is -1.53. The number of unbranched alkanes of at least 4 members (excludes halogenated alkanes) is 4. The van der Waals surface area contributed by atoms with Crippen molar-refractivity contribution in [2.45, 2.75) is 77.4 Å². The molecule has 0 spiro atoms. The number of carboxylic acids is 1. The summed E-state index contributed by atoms with van der Waals surface area (Å²) in [4.78, 5) is 44.0. The third-order valence-electron chi connectivity index (χ3n) is 3.90. The maximum atomic E-state index is 11.8. The molecule has 0 aromatic rings. The minimum atomic E-state index is -4.69. The summed E-state index contributed by atoms with van der Waals surface area (Å²) in [6.07, 6.45) is 3.84. The highest BCUT2D eigenvalue weighted by molar-refractivity contribution is 7.47. The molecule has 4 N–H and O–H groups in total. The van der Waals surface area contributed by atoms with Crippen LogP contribution in [0.15, 0.2) is 0 Å². The van der Waals surface area contributed by atoms with Crippen LogP contribution >= 0.6 is 7.82 Å². The maximum absolute atomic E-state index is 11.8. The molecule has 0 aliphatic heterocycles. The van der Waals surface area contributed by atoms with Crippen LogP contribution in [0.2, 0.25) is 0 Å². The Kier molecular flexibility index (Phi) is 15.4. The summed E-state index contributed by atoms with van der Waals surface area (Å²) in [5, 5.41) is 21.0. The lowest BCUT2D eigenvalue weighted by Gasteiger charge is -2.18. The van der Waals surface area contributed by atoms with Crippen LogP contribution in [0, 0.1) is 0 Å². The molecule has 0 saturated heterocycles. The molecule has 0 saturated carbocycles. The second kappa shape index (κ2) is 16.2. The SMILES string of the molecule is CCCCCCC(=O)NC(COP(=O)(O)OCC(O)COC(=O)CCCC)C(=O)O. The molecule has 0 rings (SSSR count). The second-order valence-corrected chi connectivity index (χ2v) is 8.22. The Morgan fingerprint density at radius 2 is 1.57 bits per heavy atom. The molecule has 0 aliphatic rings. The van der Waals surface area contributed by atoms with Crippen LogP contribution in [0.5, 0.6) is 0 Å². The van der Waals surface area contributed by atoms with Gasteiger partial charge in [0.25, 0.3) is 0 Å². The van der Waals surface area contributed by atoms with Gasteiger partial charge in [0.05, 0.1) is 13.2 Å². The zero-order chi connectivity index (χ0) is 23.0. The first kappa shape index (κ1) is 28.5. The summed E-state index contributed by atoms with van der Waals surface area (Å²) < 4.78 is 25.8. The minimum absolute atomic E-state index is 0.139. The molecular weight excluding hydrogens is 421 g/mol. The molecule has 30 heavy (non-hydrogen) atoms. The molecule has 0 bridgehead atoms. The molecule has 0 aromatic heterocycles. The van der Waals surface area contributed by atoms with E-state index in [1.54, 1.807) is 0 Å². The quantitative estimate of drug-likeness (QED) is 0.136. The summed E-state index contributed by atoms with van der Waals surface area (Å²) in [5.74, 6) is -2.44. The first-order chi connectivity index (χ1) is 14.1. The number of nitrogens with one attached hydrogen (secondary N) is 1.